The molecule has 0 bridgehead atoms. The molecule has 23 heavy (non-hydrogen) atoms. The smallest absolute Gasteiger partial charge is 0.182 e. The number of rotatable bonds is 3. The highest BCUT2D eigenvalue weighted by molar-refractivity contribution is 5.63. The topological polar surface area (TPSA) is 56.5 Å². The van der Waals surface area contributed by atoms with Crippen LogP contribution in [0.15, 0.2) is 79.4 Å². The second-order valence-corrected chi connectivity index (χ2v) is 4.98. The highest BCUT2D eigenvalue weighted by Crippen LogP contribution is 2.24. The van der Waals surface area contributed by atoms with Gasteiger partial charge in [-0.05, 0) is 36.4 Å². The van der Waals surface area contributed by atoms with Crippen molar-refractivity contribution in [3.63, 3.8) is 0 Å². The molecule has 1 aromatic carbocycles. The van der Waals surface area contributed by atoms with Crippen molar-refractivity contribution in [1.82, 2.24) is 24.7 Å². The normalized spacial score (nSPS) is 10.6. The third kappa shape index (κ3) is 2.60. The Labute approximate surface area is 133 Å². The second-order valence-electron chi connectivity index (χ2n) is 4.98. The summed E-state index contributed by atoms with van der Waals surface area (Å²) in [5.74, 6) is 1.45. The monoisotopic (exact) mass is 299 g/mol. The summed E-state index contributed by atoms with van der Waals surface area (Å²) in [7, 11) is 0. The lowest BCUT2D eigenvalue weighted by Gasteiger charge is -2.05. The first kappa shape index (κ1) is 13.3. The van der Waals surface area contributed by atoms with Crippen molar-refractivity contribution >= 4 is 0 Å². The molecule has 0 amide bonds. The molecule has 5 nitrogen and oxygen atoms in total. The van der Waals surface area contributed by atoms with E-state index in [0.717, 1.165) is 22.6 Å². The molecule has 0 unspecified atom stereocenters. The van der Waals surface area contributed by atoms with Crippen LogP contribution in [0.4, 0.5) is 0 Å². The molecule has 0 aliphatic heterocycles. The molecule has 0 atom stereocenters. The molecule has 4 aromatic rings. The molecule has 0 saturated carbocycles. The summed E-state index contributed by atoms with van der Waals surface area (Å²) in [6.07, 6.45) is 6.99. The Morgan fingerprint density at radius 3 is 1.91 bits per heavy atom. The Morgan fingerprint density at radius 1 is 0.652 bits per heavy atom. The quantitative estimate of drug-likeness (QED) is 0.582. The lowest BCUT2D eigenvalue weighted by Crippen LogP contribution is -1.99. The zero-order valence-corrected chi connectivity index (χ0v) is 12.2. The van der Waals surface area contributed by atoms with Gasteiger partial charge in [0, 0.05) is 35.9 Å². The van der Waals surface area contributed by atoms with Gasteiger partial charge in [0.2, 0.25) is 0 Å². The molecule has 110 valence electrons. The molecule has 0 fully saturated rings. The van der Waals surface area contributed by atoms with Crippen LogP contribution in [0.3, 0.4) is 0 Å². The first-order valence-electron chi connectivity index (χ1n) is 7.25. The number of hydrogen-bond donors (Lipinski definition) is 0. The van der Waals surface area contributed by atoms with Gasteiger partial charge in [0.25, 0.3) is 0 Å². The molecule has 0 spiro atoms. The zero-order valence-electron chi connectivity index (χ0n) is 12.2. The van der Waals surface area contributed by atoms with Crippen LogP contribution in [0.5, 0.6) is 0 Å². The van der Waals surface area contributed by atoms with E-state index >= 15 is 0 Å². The van der Waals surface area contributed by atoms with Gasteiger partial charge < -0.3 is 0 Å². The van der Waals surface area contributed by atoms with Gasteiger partial charge in [-0.3, -0.25) is 9.97 Å². The van der Waals surface area contributed by atoms with Crippen LogP contribution in [0.2, 0.25) is 0 Å². The van der Waals surface area contributed by atoms with Crippen LogP contribution >= 0.6 is 0 Å². The Bertz CT molecular complexity index is 845. The molecular weight excluding hydrogens is 286 g/mol. The van der Waals surface area contributed by atoms with Crippen LogP contribution in [0.1, 0.15) is 0 Å². The summed E-state index contributed by atoms with van der Waals surface area (Å²) < 4.78 is 1.85. The Kier molecular flexibility index (Phi) is 3.37. The minimum Gasteiger partial charge on any atom is -0.265 e. The van der Waals surface area contributed by atoms with E-state index in [2.05, 4.69) is 15.1 Å². The number of nitrogens with zero attached hydrogens (tertiary/aromatic N) is 5. The van der Waals surface area contributed by atoms with Crippen molar-refractivity contribution in [1.29, 1.82) is 0 Å². The summed E-state index contributed by atoms with van der Waals surface area (Å²) in [5, 5.41) is 4.68. The van der Waals surface area contributed by atoms with E-state index in [1.807, 2.05) is 59.3 Å². The van der Waals surface area contributed by atoms with Crippen molar-refractivity contribution in [2.75, 3.05) is 0 Å². The molecule has 5 heteroatoms. The number of para-hydroxylation sites is 1. The highest BCUT2D eigenvalue weighted by Gasteiger charge is 2.14. The summed E-state index contributed by atoms with van der Waals surface area (Å²) in [6, 6.07) is 17.6. The van der Waals surface area contributed by atoms with Crippen molar-refractivity contribution in [2.24, 2.45) is 0 Å². The molecule has 3 heterocycles. The van der Waals surface area contributed by atoms with Crippen molar-refractivity contribution in [2.45, 2.75) is 0 Å². The molecule has 3 aromatic heterocycles. The number of benzene rings is 1. The predicted molar refractivity (Wildman–Crippen MR) is 87.8 cm³/mol. The van der Waals surface area contributed by atoms with E-state index in [1.165, 1.54) is 0 Å². The van der Waals surface area contributed by atoms with Crippen molar-refractivity contribution < 1.29 is 0 Å². The van der Waals surface area contributed by atoms with Crippen LogP contribution in [0, 0.1) is 0 Å². The van der Waals surface area contributed by atoms with E-state index in [9.17, 15) is 0 Å². The van der Waals surface area contributed by atoms with Gasteiger partial charge in [0.1, 0.15) is 0 Å². The van der Waals surface area contributed by atoms with Crippen LogP contribution < -0.4 is 0 Å². The summed E-state index contributed by atoms with van der Waals surface area (Å²) in [6.45, 7) is 0. The first-order valence-corrected chi connectivity index (χ1v) is 7.25. The fourth-order valence-corrected chi connectivity index (χ4v) is 2.37. The van der Waals surface area contributed by atoms with Gasteiger partial charge in [-0.25, -0.2) is 9.67 Å². The van der Waals surface area contributed by atoms with Gasteiger partial charge >= 0.3 is 0 Å². The third-order valence-corrected chi connectivity index (χ3v) is 3.48. The summed E-state index contributed by atoms with van der Waals surface area (Å²) >= 11 is 0. The van der Waals surface area contributed by atoms with Crippen LogP contribution in [0.25, 0.3) is 28.5 Å². The highest BCUT2D eigenvalue weighted by atomic mass is 15.4. The maximum absolute atomic E-state index is 4.72. The minimum atomic E-state index is 0.670. The van der Waals surface area contributed by atoms with Crippen molar-refractivity contribution in [3.8, 4) is 28.5 Å². The molecular formula is C18H13N5. The predicted octanol–water partition coefficient (Wildman–Crippen LogP) is 3.39. The van der Waals surface area contributed by atoms with E-state index < -0.39 is 0 Å². The van der Waals surface area contributed by atoms with E-state index in [-0.39, 0.29) is 0 Å². The lowest BCUT2D eigenvalue weighted by atomic mass is 10.2. The molecule has 4 rings (SSSR count). The molecule has 0 radical (unpaired) electrons. The third-order valence-electron chi connectivity index (χ3n) is 3.48. The molecule has 0 saturated heterocycles. The maximum Gasteiger partial charge on any atom is 0.182 e. The van der Waals surface area contributed by atoms with Gasteiger partial charge in [0.15, 0.2) is 11.6 Å². The fourth-order valence-electron chi connectivity index (χ4n) is 2.37. The number of pyridine rings is 2. The minimum absolute atomic E-state index is 0.670. The standard InChI is InChI=1S/C18H13N5/c1-2-4-16(5-3-1)23-18(15-8-12-20-13-9-15)21-17(22-23)14-6-10-19-11-7-14/h1-13H. The largest absolute Gasteiger partial charge is 0.265 e. The van der Waals surface area contributed by atoms with Gasteiger partial charge in [-0.15, -0.1) is 5.10 Å². The summed E-state index contributed by atoms with van der Waals surface area (Å²) in [5.41, 5.74) is 2.87. The van der Waals surface area contributed by atoms with Gasteiger partial charge in [0.05, 0.1) is 5.69 Å². The van der Waals surface area contributed by atoms with Crippen molar-refractivity contribution in [3.05, 3.63) is 79.4 Å². The van der Waals surface area contributed by atoms with E-state index in [1.54, 1.807) is 24.8 Å². The van der Waals surface area contributed by atoms with Gasteiger partial charge in [-0.2, -0.15) is 0 Å². The Morgan fingerprint density at radius 2 is 1.26 bits per heavy atom. The molecule has 0 N–H and O–H groups in total. The Balaban J connectivity index is 1.91. The maximum atomic E-state index is 4.72. The lowest BCUT2D eigenvalue weighted by molar-refractivity contribution is 0.890. The summed E-state index contributed by atoms with van der Waals surface area (Å²) in [4.78, 5) is 12.8. The zero-order chi connectivity index (χ0) is 15.5. The molecule has 0 aliphatic carbocycles. The second kappa shape index (κ2) is 5.81. The number of aromatic nitrogens is 5. The molecule has 0 aliphatic rings. The first-order chi connectivity index (χ1) is 11.4. The van der Waals surface area contributed by atoms with E-state index in [0.29, 0.717) is 5.82 Å². The average Bonchev–Trinajstić information content (AvgIpc) is 3.09. The SMILES string of the molecule is c1ccc(-n2nc(-c3ccncc3)nc2-c2ccncc2)cc1. The van der Waals surface area contributed by atoms with Crippen LogP contribution in [-0.4, -0.2) is 24.7 Å². The fraction of sp³-hybridized carbons (Fsp3) is 0. The van der Waals surface area contributed by atoms with Crippen LogP contribution in [-0.2, 0) is 0 Å². The average molecular weight is 299 g/mol. The van der Waals surface area contributed by atoms with E-state index in [4.69, 9.17) is 4.98 Å². The Hall–Kier alpha value is -3.34. The number of hydrogen-bond acceptors (Lipinski definition) is 4. The van der Waals surface area contributed by atoms with Gasteiger partial charge in [-0.1, -0.05) is 18.2 Å².